The van der Waals surface area contributed by atoms with Gasteiger partial charge in [-0.2, -0.15) is 0 Å². The van der Waals surface area contributed by atoms with Gasteiger partial charge in [-0.05, 0) is 25.1 Å². The van der Waals surface area contributed by atoms with Crippen LogP contribution in [-0.4, -0.2) is 41.5 Å². The predicted octanol–water partition coefficient (Wildman–Crippen LogP) is 2.31. The van der Waals surface area contributed by atoms with Gasteiger partial charge in [0, 0.05) is 37.9 Å². The Morgan fingerprint density at radius 2 is 2.09 bits per heavy atom. The zero-order valence-electron chi connectivity index (χ0n) is 12.5. The van der Waals surface area contributed by atoms with Gasteiger partial charge >= 0.3 is 0 Å². The van der Waals surface area contributed by atoms with Crippen molar-refractivity contribution in [3.8, 4) is 11.5 Å². The number of nitrogens with one attached hydrogen (secondary N) is 1. The third kappa shape index (κ3) is 3.26. The zero-order chi connectivity index (χ0) is 15.4. The summed E-state index contributed by atoms with van der Waals surface area (Å²) in [6.45, 7) is 4.36. The molecule has 22 heavy (non-hydrogen) atoms. The van der Waals surface area contributed by atoms with Crippen molar-refractivity contribution in [2.24, 2.45) is 0 Å². The third-order valence-corrected chi connectivity index (χ3v) is 3.69. The topological polar surface area (TPSA) is 54.5 Å². The number of pyridine rings is 1. The number of aromatic nitrogens is 1. The van der Waals surface area contributed by atoms with E-state index in [2.05, 4.69) is 10.3 Å². The van der Waals surface area contributed by atoms with Crippen molar-refractivity contribution in [1.82, 2.24) is 15.2 Å². The Kier molecular flexibility index (Phi) is 4.34. The number of piperazine rings is 1. The molecule has 0 spiro atoms. The third-order valence-electron chi connectivity index (χ3n) is 3.69. The molecule has 3 rings (SSSR count). The summed E-state index contributed by atoms with van der Waals surface area (Å²) in [7, 11) is 0. The van der Waals surface area contributed by atoms with Crippen LogP contribution in [0.1, 0.15) is 17.4 Å². The van der Waals surface area contributed by atoms with Crippen LogP contribution in [0.15, 0.2) is 48.7 Å². The summed E-state index contributed by atoms with van der Waals surface area (Å²) < 4.78 is 5.76. The van der Waals surface area contributed by atoms with E-state index < -0.39 is 0 Å². The Morgan fingerprint density at radius 3 is 2.86 bits per heavy atom. The van der Waals surface area contributed by atoms with Gasteiger partial charge in [0.15, 0.2) is 0 Å². The second kappa shape index (κ2) is 6.58. The number of para-hydroxylation sites is 1. The van der Waals surface area contributed by atoms with Gasteiger partial charge in [0.1, 0.15) is 17.2 Å². The molecule has 1 unspecified atom stereocenters. The molecule has 0 radical (unpaired) electrons. The van der Waals surface area contributed by atoms with E-state index in [-0.39, 0.29) is 11.9 Å². The summed E-state index contributed by atoms with van der Waals surface area (Å²) in [5.74, 6) is 1.31. The van der Waals surface area contributed by atoms with Crippen LogP contribution < -0.4 is 10.1 Å². The van der Waals surface area contributed by atoms with Crippen LogP contribution in [0.3, 0.4) is 0 Å². The molecule has 0 aliphatic carbocycles. The summed E-state index contributed by atoms with van der Waals surface area (Å²) in [6.07, 6.45) is 1.61. The highest BCUT2D eigenvalue weighted by molar-refractivity contribution is 5.93. The average molecular weight is 297 g/mol. The molecule has 5 heteroatoms. The first-order valence-corrected chi connectivity index (χ1v) is 7.44. The predicted molar refractivity (Wildman–Crippen MR) is 84.1 cm³/mol. The van der Waals surface area contributed by atoms with Crippen LogP contribution in [0.4, 0.5) is 0 Å². The van der Waals surface area contributed by atoms with Crippen molar-refractivity contribution in [1.29, 1.82) is 0 Å². The number of hydrogen-bond donors (Lipinski definition) is 1. The first kappa shape index (κ1) is 14.5. The second-order valence-electron chi connectivity index (χ2n) is 5.34. The molecule has 2 heterocycles. The standard InChI is InChI=1S/C17H19N3O2/c1-13-12-18-9-10-20(13)17(21)16-11-15(7-8-19-16)22-14-5-3-2-4-6-14/h2-8,11,13,18H,9-10,12H2,1H3. The normalized spacial score (nSPS) is 18.0. The van der Waals surface area contributed by atoms with Crippen LogP contribution in [0.2, 0.25) is 0 Å². The van der Waals surface area contributed by atoms with Gasteiger partial charge < -0.3 is 15.0 Å². The molecule has 5 nitrogen and oxygen atoms in total. The molecule has 1 aliphatic heterocycles. The van der Waals surface area contributed by atoms with Gasteiger partial charge in [0.05, 0.1) is 0 Å². The van der Waals surface area contributed by atoms with E-state index in [4.69, 9.17) is 4.74 Å². The van der Waals surface area contributed by atoms with Crippen LogP contribution in [0.25, 0.3) is 0 Å². The molecule has 0 saturated carbocycles. The largest absolute Gasteiger partial charge is 0.457 e. The van der Waals surface area contributed by atoms with Crippen molar-refractivity contribution in [2.45, 2.75) is 13.0 Å². The number of amides is 1. The lowest BCUT2D eigenvalue weighted by molar-refractivity contribution is 0.0649. The van der Waals surface area contributed by atoms with E-state index in [1.54, 1.807) is 18.3 Å². The second-order valence-corrected chi connectivity index (χ2v) is 5.34. The molecule has 1 aromatic heterocycles. The molecule has 0 bridgehead atoms. The monoisotopic (exact) mass is 297 g/mol. The fourth-order valence-corrected chi connectivity index (χ4v) is 2.51. The average Bonchev–Trinajstić information content (AvgIpc) is 2.56. The maximum Gasteiger partial charge on any atom is 0.272 e. The lowest BCUT2D eigenvalue weighted by Crippen LogP contribution is -2.52. The highest BCUT2D eigenvalue weighted by atomic mass is 16.5. The maximum absolute atomic E-state index is 12.6. The van der Waals surface area contributed by atoms with Gasteiger partial charge in [0.25, 0.3) is 5.91 Å². The Hall–Kier alpha value is -2.40. The van der Waals surface area contributed by atoms with E-state index in [0.29, 0.717) is 18.0 Å². The van der Waals surface area contributed by atoms with Crippen molar-refractivity contribution in [2.75, 3.05) is 19.6 Å². The molecule has 1 fully saturated rings. The molecule has 1 N–H and O–H groups in total. The minimum atomic E-state index is -0.0486. The Balaban J connectivity index is 1.77. The molecule has 1 aromatic carbocycles. The van der Waals surface area contributed by atoms with Gasteiger partial charge in [-0.15, -0.1) is 0 Å². The lowest BCUT2D eigenvalue weighted by Gasteiger charge is -2.33. The van der Waals surface area contributed by atoms with Gasteiger partial charge in [0.2, 0.25) is 0 Å². The number of nitrogens with zero attached hydrogens (tertiary/aromatic N) is 2. The number of rotatable bonds is 3. The Bertz CT molecular complexity index is 645. The highest BCUT2D eigenvalue weighted by Gasteiger charge is 2.25. The molecular formula is C17H19N3O2. The van der Waals surface area contributed by atoms with Crippen molar-refractivity contribution >= 4 is 5.91 Å². The molecule has 1 saturated heterocycles. The van der Waals surface area contributed by atoms with Crippen molar-refractivity contribution < 1.29 is 9.53 Å². The maximum atomic E-state index is 12.6. The summed E-state index contributed by atoms with van der Waals surface area (Å²) >= 11 is 0. The molecule has 2 aromatic rings. The number of carbonyl (C=O) groups is 1. The zero-order valence-corrected chi connectivity index (χ0v) is 12.5. The number of ether oxygens (including phenoxy) is 1. The molecule has 1 atom stereocenters. The summed E-state index contributed by atoms with van der Waals surface area (Å²) in [6, 6.07) is 13.1. The van der Waals surface area contributed by atoms with E-state index in [1.165, 1.54) is 0 Å². The number of hydrogen-bond acceptors (Lipinski definition) is 4. The minimum absolute atomic E-state index is 0.0486. The van der Waals surface area contributed by atoms with E-state index in [9.17, 15) is 4.79 Å². The molecule has 114 valence electrons. The van der Waals surface area contributed by atoms with Gasteiger partial charge in [-0.3, -0.25) is 9.78 Å². The SMILES string of the molecule is CC1CNCCN1C(=O)c1cc(Oc2ccccc2)ccn1. The Labute approximate surface area is 129 Å². The number of carbonyl (C=O) groups excluding carboxylic acids is 1. The van der Waals surface area contributed by atoms with E-state index >= 15 is 0 Å². The van der Waals surface area contributed by atoms with Crippen LogP contribution >= 0.6 is 0 Å². The van der Waals surface area contributed by atoms with E-state index in [1.807, 2.05) is 42.2 Å². The van der Waals surface area contributed by atoms with E-state index in [0.717, 1.165) is 18.8 Å². The first-order valence-electron chi connectivity index (χ1n) is 7.44. The van der Waals surface area contributed by atoms with Crippen molar-refractivity contribution in [3.05, 3.63) is 54.4 Å². The lowest BCUT2D eigenvalue weighted by atomic mass is 10.2. The van der Waals surface area contributed by atoms with Crippen LogP contribution in [0.5, 0.6) is 11.5 Å². The molecule has 1 aliphatic rings. The Morgan fingerprint density at radius 1 is 1.27 bits per heavy atom. The molecule has 1 amide bonds. The smallest absolute Gasteiger partial charge is 0.272 e. The van der Waals surface area contributed by atoms with Crippen molar-refractivity contribution in [3.63, 3.8) is 0 Å². The quantitative estimate of drug-likeness (QED) is 0.944. The molecular weight excluding hydrogens is 278 g/mol. The summed E-state index contributed by atoms with van der Waals surface area (Å²) in [5.41, 5.74) is 0.419. The summed E-state index contributed by atoms with van der Waals surface area (Å²) in [4.78, 5) is 18.6. The van der Waals surface area contributed by atoms with Crippen LogP contribution in [0, 0.1) is 0 Å². The minimum Gasteiger partial charge on any atom is -0.457 e. The fraction of sp³-hybridized carbons (Fsp3) is 0.294. The first-order chi connectivity index (χ1) is 10.7. The summed E-state index contributed by atoms with van der Waals surface area (Å²) in [5, 5.41) is 3.28. The fourth-order valence-electron chi connectivity index (χ4n) is 2.51. The van der Waals surface area contributed by atoms with Gasteiger partial charge in [-0.25, -0.2) is 0 Å². The number of benzene rings is 1. The van der Waals surface area contributed by atoms with Crippen LogP contribution in [-0.2, 0) is 0 Å². The highest BCUT2D eigenvalue weighted by Crippen LogP contribution is 2.21. The van der Waals surface area contributed by atoms with Gasteiger partial charge in [-0.1, -0.05) is 18.2 Å².